The highest BCUT2D eigenvalue weighted by atomic mass is 28.3. The summed E-state index contributed by atoms with van der Waals surface area (Å²) >= 11 is 0. The molecule has 0 amide bonds. The number of hydrogen-bond acceptors (Lipinski definition) is 0. The monoisotopic (exact) mass is 253 g/mol. The maximum Gasteiger partial charge on any atom is 0.145 e. The quantitative estimate of drug-likeness (QED) is 0.368. The molecule has 99 valence electrons. The van der Waals surface area contributed by atoms with Gasteiger partial charge in [-0.25, -0.2) is 5.11 Å². The molecule has 0 aliphatic rings. The van der Waals surface area contributed by atoms with Gasteiger partial charge in [0.2, 0.25) is 0 Å². The second-order valence-electron chi connectivity index (χ2n) is 5.86. The lowest BCUT2D eigenvalue weighted by Gasteiger charge is -2.38. The highest BCUT2D eigenvalue weighted by Crippen LogP contribution is 2.40. The van der Waals surface area contributed by atoms with E-state index in [9.17, 15) is 5.11 Å². The zero-order chi connectivity index (χ0) is 13.5. The standard InChI is InChI=1S/C15H29OSi/c1-13(2)17(14(3)4,15(5)6)12-10-8-7-9-11-16/h13-15H,7-9,11H2,1-6H3. The Kier molecular flexibility index (Phi) is 7.82. The van der Waals surface area contributed by atoms with Crippen LogP contribution < -0.4 is 0 Å². The van der Waals surface area contributed by atoms with Gasteiger partial charge in [0, 0.05) is 6.42 Å². The third-order valence-electron chi connectivity index (χ3n) is 3.87. The second kappa shape index (κ2) is 7.95. The zero-order valence-electron chi connectivity index (χ0n) is 12.5. The molecule has 0 fully saturated rings. The van der Waals surface area contributed by atoms with Crippen molar-refractivity contribution in [2.24, 2.45) is 0 Å². The molecule has 0 spiro atoms. The molecule has 0 N–H and O–H groups in total. The summed E-state index contributed by atoms with van der Waals surface area (Å²) in [6.45, 7) is 14.0. The van der Waals surface area contributed by atoms with Crippen molar-refractivity contribution in [1.29, 1.82) is 0 Å². The third kappa shape index (κ3) is 4.48. The predicted molar refractivity (Wildman–Crippen MR) is 78.2 cm³/mol. The van der Waals surface area contributed by atoms with Crippen molar-refractivity contribution in [3.05, 3.63) is 0 Å². The van der Waals surface area contributed by atoms with Crippen molar-refractivity contribution in [1.82, 2.24) is 0 Å². The maximum atomic E-state index is 10.4. The Morgan fingerprint density at radius 3 is 1.71 bits per heavy atom. The molecule has 0 aromatic carbocycles. The molecule has 0 aliphatic carbocycles. The fourth-order valence-corrected chi connectivity index (χ4v) is 8.26. The maximum absolute atomic E-state index is 10.4. The fraction of sp³-hybridized carbons (Fsp3) is 0.867. The Morgan fingerprint density at radius 2 is 1.35 bits per heavy atom. The highest BCUT2D eigenvalue weighted by Gasteiger charge is 2.41. The number of unbranched alkanes of at least 4 members (excludes halogenated alkanes) is 2. The van der Waals surface area contributed by atoms with E-state index < -0.39 is 8.07 Å². The number of hydrogen-bond donors (Lipinski definition) is 0. The molecule has 1 nitrogen and oxygen atoms in total. The Bertz CT molecular complexity index is 236. The van der Waals surface area contributed by atoms with E-state index in [0.717, 1.165) is 19.3 Å². The molecule has 1 radical (unpaired) electrons. The van der Waals surface area contributed by atoms with Gasteiger partial charge in [0.05, 0.1) is 6.61 Å². The molecular formula is C15H29OSi. The predicted octanol–water partition coefficient (Wildman–Crippen LogP) is 4.81. The SMILES string of the molecule is CC(C)[Si](C#CCCCC[O])(C(C)C)C(C)C. The molecule has 0 unspecified atom stereocenters. The van der Waals surface area contributed by atoms with Crippen LogP contribution in [0.2, 0.25) is 16.6 Å². The first kappa shape index (κ1) is 16.7. The fourth-order valence-electron chi connectivity index (χ4n) is 2.96. The molecular weight excluding hydrogens is 224 g/mol. The second-order valence-corrected chi connectivity index (χ2v) is 11.4. The first-order valence-corrected chi connectivity index (χ1v) is 9.20. The Morgan fingerprint density at radius 1 is 0.882 bits per heavy atom. The molecule has 17 heavy (non-hydrogen) atoms. The van der Waals surface area contributed by atoms with Gasteiger partial charge in [-0.05, 0) is 29.5 Å². The normalized spacial score (nSPS) is 12.1. The van der Waals surface area contributed by atoms with Gasteiger partial charge in [-0.15, -0.1) is 11.5 Å². The summed E-state index contributed by atoms with van der Waals surface area (Å²) in [6.07, 6.45) is 2.65. The Balaban J connectivity index is 4.80. The molecule has 0 aromatic heterocycles. The minimum absolute atomic E-state index is 0.0444. The van der Waals surface area contributed by atoms with Crippen molar-refractivity contribution in [2.45, 2.75) is 77.4 Å². The van der Waals surface area contributed by atoms with E-state index in [1.807, 2.05) is 0 Å². The molecule has 0 aliphatic heterocycles. The lowest BCUT2D eigenvalue weighted by Crippen LogP contribution is -2.43. The van der Waals surface area contributed by atoms with Gasteiger partial charge in [-0.2, -0.15) is 0 Å². The average molecular weight is 253 g/mol. The summed E-state index contributed by atoms with van der Waals surface area (Å²) in [5.74, 6) is 3.38. The van der Waals surface area contributed by atoms with Crippen LogP contribution in [0.15, 0.2) is 0 Å². The van der Waals surface area contributed by atoms with E-state index in [1.54, 1.807) is 0 Å². The molecule has 0 saturated heterocycles. The van der Waals surface area contributed by atoms with E-state index >= 15 is 0 Å². The van der Waals surface area contributed by atoms with E-state index in [0.29, 0.717) is 16.6 Å². The van der Waals surface area contributed by atoms with Crippen LogP contribution >= 0.6 is 0 Å². The van der Waals surface area contributed by atoms with E-state index in [-0.39, 0.29) is 6.61 Å². The van der Waals surface area contributed by atoms with Crippen LogP contribution in [0, 0.1) is 11.5 Å². The molecule has 0 saturated carbocycles. The van der Waals surface area contributed by atoms with Gasteiger partial charge in [-0.1, -0.05) is 41.5 Å². The highest BCUT2D eigenvalue weighted by molar-refractivity contribution is 6.90. The van der Waals surface area contributed by atoms with Crippen molar-refractivity contribution in [2.75, 3.05) is 6.61 Å². The Labute approximate surface area is 109 Å². The minimum Gasteiger partial charge on any atom is -0.237 e. The number of rotatable bonds is 6. The van der Waals surface area contributed by atoms with E-state index in [1.165, 1.54) is 0 Å². The third-order valence-corrected chi connectivity index (χ3v) is 10.2. The molecule has 0 heterocycles. The van der Waals surface area contributed by atoms with E-state index in [4.69, 9.17) is 0 Å². The van der Waals surface area contributed by atoms with Crippen LogP contribution in [0.5, 0.6) is 0 Å². The lowest BCUT2D eigenvalue weighted by atomic mass is 10.2. The van der Waals surface area contributed by atoms with Crippen molar-refractivity contribution >= 4 is 8.07 Å². The molecule has 2 heteroatoms. The summed E-state index contributed by atoms with van der Waals surface area (Å²) in [5.41, 5.74) is 5.79. The van der Waals surface area contributed by atoms with Gasteiger partial charge in [0.15, 0.2) is 0 Å². The van der Waals surface area contributed by atoms with Gasteiger partial charge in [-0.3, -0.25) is 0 Å². The van der Waals surface area contributed by atoms with Gasteiger partial charge < -0.3 is 0 Å². The van der Waals surface area contributed by atoms with Crippen LogP contribution in [0.4, 0.5) is 0 Å². The van der Waals surface area contributed by atoms with Crippen LogP contribution in [0.1, 0.15) is 60.8 Å². The summed E-state index contributed by atoms with van der Waals surface area (Å²) in [4.78, 5) is 0. The smallest absolute Gasteiger partial charge is 0.145 e. The van der Waals surface area contributed by atoms with Crippen LogP contribution in [-0.2, 0) is 5.11 Å². The first-order chi connectivity index (χ1) is 7.89. The molecule has 0 bridgehead atoms. The van der Waals surface area contributed by atoms with Crippen LogP contribution in [-0.4, -0.2) is 14.7 Å². The summed E-state index contributed by atoms with van der Waals surface area (Å²) in [6, 6.07) is 0. The van der Waals surface area contributed by atoms with Crippen molar-refractivity contribution in [3.63, 3.8) is 0 Å². The molecule has 0 aromatic rings. The van der Waals surface area contributed by atoms with Gasteiger partial charge in [0.25, 0.3) is 0 Å². The largest absolute Gasteiger partial charge is 0.237 e. The molecule has 0 rings (SSSR count). The summed E-state index contributed by atoms with van der Waals surface area (Å²) in [7, 11) is -1.53. The summed E-state index contributed by atoms with van der Waals surface area (Å²) in [5, 5.41) is 10.4. The van der Waals surface area contributed by atoms with Crippen molar-refractivity contribution in [3.8, 4) is 11.5 Å². The van der Waals surface area contributed by atoms with E-state index in [2.05, 4.69) is 53.0 Å². The van der Waals surface area contributed by atoms with Crippen LogP contribution in [0.25, 0.3) is 0 Å². The Hall–Kier alpha value is -0.263. The first-order valence-electron chi connectivity index (χ1n) is 6.97. The zero-order valence-corrected chi connectivity index (χ0v) is 13.5. The average Bonchev–Trinajstić information content (AvgIpc) is 2.21. The van der Waals surface area contributed by atoms with Gasteiger partial charge >= 0.3 is 0 Å². The lowest BCUT2D eigenvalue weighted by molar-refractivity contribution is 0.187. The topological polar surface area (TPSA) is 19.9 Å². The summed E-state index contributed by atoms with van der Waals surface area (Å²) < 4.78 is 0. The van der Waals surface area contributed by atoms with Crippen LogP contribution in [0.3, 0.4) is 0 Å². The molecule has 0 atom stereocenters. The van der Waals surface area contributed by atoms with Crippen molar-refractivity contribution < 1.29 is 5.11 Å². The minimum atomic E-state index is -1.53. The van der Waals surface area contributed by atoms with Gasteiger partial charge in [0.1, 0.15) is 8.07 Å².